The lowest BCUT2D eigenvalue weighted by molar-refractivity contribution is 0.128. The second-order valence-electron chi connectivity index (χ2n) is 4.27. The summed E-state index contributed by atoms with van der Waals surface area (Å²) >= 11 is 3.24. The molecule has 1 N–H and O–H groups in total. The number of rotatable bonds is 3. The zero-order valence-corrected chi connectivity index (χ0v) is 10.2. The molecule has 1 aliphatic rings. The highest BCUT2D eigenvalue weighted by atomic mass is 79.9. The molecule has 3 heteroatoms. The number of aliphatic hydroxyl groups is 1. The lowest BCUT2D eigenvalue weighted by atomic mass is 10.0. The topological polar surface area (TPSA) is 20.2 Å². The largest absolute Gasteiger partial charge is 0.385 e. The minimum atomic E-state index is -0.777. The molecule has 0 aliphatic heterocycles. The van der Waals surface area contributed by atoms with E-state index in [2.05, 4.69) is 22.9 Å². The van der Waals surface area contributed by atoms with Gasteiger partial charge in [0, 0.05) is 4.47 Å². The van der Waals surface area contributed by atoms with Gasteiger partial charge in [-0.3, -0.25) is 0 Å². The summed E-state index contributed by atoms with van der Waals surface area (Å²) in [7, 11) is 0. The van der Waals surface area contributed by atoms with Crippen molar-refractivity contribution in [2.75, 3.05) is 0 Å². The van der Waals surface area contributed by atoms with Gasteiger partial charge in [0.2, 0.25) is 0 Å². The number of hydrogen-bond donors (Lipinski definition) is 1. The summed E-state index contributed by atoms with van der Waals surface area (Å²) in [5.74, 6) is 0.00569. The van der Waals surface area contributed by atoms with Gasteiger partial charge in [-0.2, -0.15) is 0 Å². The van der Waals surface area contributed by atoms with Crippen LogP contribution in [0.2, 0.25) is 0 Å². The van der Waals surface area contributed by atoms with Gasteiger partial charge in [-0.05, 0) is 42.5 Å². The highest BCUT2D eigenvalue weighted by Gasteiger charge is 2.53. The molecule has 1 nitrogen and oxygen atoms in total. The van der Waals surface area contributed by atoms with Crippen molar-refractivity contribution in [3.05, 3.63) is 34.1 Å². The first-order valence-electron chi connectivity index (χ1n) is 5.25. The molecule has 0 bridgehead atoms. The van der Waals surface area contributed by atoms with Crippen molar-refractivity contribution < 1.29 is 9.50 Å². The minimum Gasteiger partial charge on any atom is -0.385 e. The summed E-state index contributed by atoms with van der Waals surface area (Å²) in [6.07, 6.45) is 2.82. The van der Waals surface area contributed by atoms with E-state index in [4.69, 9.17) is 0 Å². The fourth-order valence-electron chi connectivity index (χ4n) is 2.16. The van der Waals surface area contributed by atoms with Crippen molar-refractivity contribution in [1.29, 1.82) is 0 Å². The minimum absolute atomic E-state index is 0.296. The molecular formula is C12H14BrFO. The SMILES string of the molecule is CCCC1CC1(O)c1cc(F)cc(Br)c1. The first-order chi connectivity index (χ1) is 7.06. The highest BCUT2D eigenvalue weighted by Crippen LogP contribution is 2.54. The van der Waals surface area contributed by atoms with Crippen LogP contribution in [0.15, 0.2) is 22.7 Å². The van der Waals surface area contributed by atoms with E-state index in [1.165, 1.54) is 12.1 Å². The summed E-state index contributed by atoms with van der Waals surface area (Å²) < 4.78 is 13.8. The van der Waals surface area contributed by atoms with Crippen molar-refractivity contribution >= 4 is 15.9 Å². The molecule has 1 aliphatic carbocycles. The van der Waals surface area contributed by atoms with Crippen LogP contribution in [-0.4, -0.2) is 5.11 Å². The number of hydrogen-bond acceptors (Lipinski definition) is 1. The van der Waals surface area contributed by atoms with Crippen molar-refractivity contribution in [1.82, 2.24) is 0 Å². The molecule has 0 heterocycles. The molecule has 2 rings (SSSR count). The van der Waals surface area contributed by atoms with Gasteiger partial charge >= 0.3 is 0 Å². The summed E-state index contributed by atoms with van der Waals surface area (Å²) in [6.45, 7) is 2.10. The van der Waals surface area contributed by atoms with Crippen LogP contribution >= 0.6 is 15.9 Å². The molecule has 0 saturated heterocycles. The van der Waals surface area contributed by atoms with E-state index in [-0.39, 0.29) is 5.82 Å². The van der Waals surface area contributed by atoms with E-state index < -0.39 is 5.60 Å². The fourth-order valence-corrected chi connectivity index (χ4v) is 2.63. The Morgan fingerprint density at radius 3 is 2.87 bits per heavy atom. The van der Waals surface area contributed by atoms with Crippen LogP contribution in [0, 0.1) is 11.7 Å². The second-order valence-corrected chi connectivity index (χ2v) is 5.19. The van der Waals surface area contributed by atoms with Gasteiger partial charge in [0.15, 0.2) is 0 Å². The Balaban J connectivity index is 2.24. The predicted molar refractivity (Wildman–Crippen MR) is 61.0 cm³/mol. The van der Waals surface area contributed by atoms with E-state index in [9.17, 15) is 9.50 Å². The van der Waals surface area contributed by atoms with E-state index >= 15 is 0 Å². The zero-order valence-electron chi connectivity index (χ0n) is 8.63. The standard InChI is InChI=1S/C12H14BrFO/c1-2-3-8-7-12(8,15)9-4-10(13)6-11(14)5-9/h4-6,8,15H,2-3,7H2,1H3. The van der Waals surface area contributed by atoms with Crippen LogP contribution in [0.4, 0.5) is 4.39 Å². The normalized spacial score (nSPS) is 29.2. The average Bonchev–Trinajstić information content (AvgIpc) is 2.77. The first-order valence-corrected chi connectivity index (χ1v) is 6.04. The van der Waals surface area contributed by atoms with Crippen LogP contribution in [0.1, 0.15) is 31.7 Å². The average molecular weight is 273 g/mol. The third kappa shape index (κ3) is 2.08. The zero-order chi connectivity index (χ0) is 11.1. The maximum atomic E-state index is 13.2. The Hall–Kier alpha value is -0.410. The Morgan fingerprint density at radius 1 is 1.53 bits per heavy atom. The summed E-state index contributed by atoms with van der Waals surface area (Å²) in [5.41, 5.74) is -0.0755. The molecule has 0 spiro atoms. The van der Waals surface area contributed by atoms with Crippen molar-refractivity contribution in [2.45, 2.75) is 31.8 Å². The van der Waals surface area contributed by atoms with Crippen LogP contribution in [0.25, 0.3) is 0 Å². The predicted octanol–water partition coefficient (Wildman–Crippen LogP) is 3.60. The monoisotopic (exact) mass is 272 g/mol. The molecule has 15 heavy (non-hydrogen) atoms. The van der Waals surface area contributed by atoms with E-state index in [0.717, 1.165) is 19.3 Å². The molecule has 82 valence electrons. The van der Waals surface area contributed by atoms with Gasteiger partial charge in [-0.15, -0.1) is 0 Å². The summed E-state index contributed by atoms with van der Waals surface area (Å²) in [5, 5.41) is 10.3. The molecule has 2 atom stereocenters. The van der Waals surface area contributed by atoms with Gasteiger partial charge in [0.05, 0.1) is 5.60 Å². The van der Waals surface area contributed by atoms with Crippen LogP contribution in [-0.2, 0) is 5.60 Å². The van der Waals surface area contributed by atoms with Gasteiger partial charge in [0.25, 0.3) is 0 Å². The summed E-state index contributed by atoms with van der Waals surface area (Å²) in [4.78, 5) is 0. The Labute approximate surface area is 97.4 Å². The fraction of sp³-hybridized carbons (Fsp3) is 0.500. The van der Waals surface area contributed by atoms with E-state index in [0.29, 0.717) is 16.0 Å². The van der Waals surface area contributed by atoms with Crippen LogP contribution in [0.5, 0.6) is 0 Å². The third-order valence-corrected chi connectivity index (χ3v) is 3.53. The lowest BCUT2D eigenvalue weighted by Crippen LogP contribution is -2.09. The Morgan fingerprint density at radius 2 is 2.27 bits per heavy atom. The van der Waals surface area contributed by atoms with Gasteiger partial charge in [-0.1, -0.05) is 29.3 Å². The molecule has 0 amide bonds. The van der Waals surface area contributed by atoms with Crippen molar-refractivity contribution in [3.8, 4) is 0 Å². The second kappa shape index (κ2) is 3.87. The third-order valence-electron chi connectivity index (χ3n) is 3.07. The Bertz CT molecular complexity index is 360. The van der Waals surface area contributed by atoms with Gasteiger partial charge in [-0.25, -0.2) is 4.39 Å². The molecular weight excluding hydrogens is 259 g/mol. The maximum Gasteiger partial charge on any atom is 0.124 e. The lowest BCUT2D eigenvalue weighted by Gasteiger charge is -2.11. The molecule has 1 saturated carbocycles. The molecule has 1 aromatic rings. The number of halogens is 2. The van der Waals surface area contributed by atoms with Gasteiger partial charge < -0.3 is 5.11 Å². The molecule has 1 fully saturated rings. The molecule has 1 aromatic carbocycles. The summed E-state index contributed by atoms with van der Waals surface area (Å²) in [6, 6.07) is 4.64. The van der Waals surface area contributed by atoms with Crippen molar-refractivity contribution in [2.24, 2.45) is 5.92 Å². The Kier molecular flexibility index (Phi) is 2.86. The molecule has 0 radical (unpaired) electrons. The van der Waals surface area contributed by atoms with E-state index in [1.807, 2.05) is 0 Å². The first kappa shape index (κ1) is 11.1. The van der Waals surface area contributed by atoms with Crippen LogP contribution in [0.3, 0.4) is 0 Å². The number of benzene rings is 1. The maximum absolute atomic E-state index is 13.2. The van der Waals surface area contributed by atoms with Gasteiger partial charge in [0.1, 0.15) is 5.82 Å². The smallest absolute Gasteiger partial charge is 0.124 e. The quantitative estimate of drug-likeness (QED) is 0.892. The van der Waals surface area contributed by atoms with Crippen LogP contribution < -0.4 is 0 Å². The van der Waals surface area contributed by atoms with E-state index in [1.54, 1.807) is 6.07 Å². The molecule has 0 aromatic heterocycles. The highest BCUT2D eigenvalue weighted by molar-refractivity contribution is 9.10. The molecule has 2 unspecified atom stereocenters. The van der Waals surface area contributed by atoms with Crippen molar-refractivity contribution in [3.63, 3.8) is 0 Å².